The predicted molar refractivity (Wildman–Crippen MR) is 31.3 cm³/mol. The molecule has 1 saturated carbocycles. The van der Waals surface area contributed by atoms with Crippen LogP contribution in [0.1, 0.15) is 19.8 Å². The van der Waals surface area contributed by atoms with Gasteiger partial charge < -0.3 is 0 Å². The molecule has 0 amide bonds. The van der Waals surface area contributed by atoms with E-state index in [1.54, 1.807) is 4.42 Å². The third-order valence-electron chi connectivity index (χ3n) is 1.72. The lowest BCUT2D eigenvalue weighted by molar-refractivity contribution is 0.403. The van der Waals surface area contributed by atoms with Crippen LogP contribution in [0.2, 0.25) is 0 Å². The van der Waals surface area contributed by atoms with Gasteiger partial charge in [0.05, 0.1) is 0 Å². The third-order valence-corrected chi connectivity index (χ3v) is 2.13. The molecule has 0 N–H and O–H groups in total. The van der Waals surface area contributed by atoms with E-state index in [0.717, 1.165) is 0 Å². The van der Waals surface area contributed by atoms with Gasteiger partial charge in [-0.1, -0.05) is 0 Å². The second-order valence-electron chi connectivity index (χ2n) is 2.47. The zero-order chi connectivity index (χ0) is 5.49. The molecule has 0 unspecified atom stereocenters. The first-order valence-corrected chi connectivity index (χ1v) is 2.89. The van der Waals surface area contributed by atoms with Gasteiger partial charge in [0, 0.05) is 12.6 Å². The molecule has 2 heteroatoms. The molecule has 0 saturated heterocycles. The van der Waals surface area contributed by atoms with Crippen LogP contribution in [-0.2, 0) is 0 Å². The lowest BCUT2D eigenvalue weighted by Crippen LogP contribution is -2.20. The Bertz CT molecular complexity index is 76.1. The first-order valence-electron chi connectivity index (χ1n) is 2.55. The minimum atomic E-state index is 0.349. The third kappa shape index (κ3) is 0.892. The van der Waals surface area contributed by atoms with Crippen molar-refractivity contribution in [2.24, 2.45) is 0 Å². The maximum Gasteiger partial charge on any atom is 0.0332 e. The molecule has 42 valence electrons. The molecule has 0 atom stereocenters. The Morgan fingerprint density at radius 3 is 2.00 bits per heavy atom. The normalized spacial score (nSPS) is 25.7. The van der Waals surface area contributed by atoms with Crippen molar-refractivity contribution in [1.29, 1.82) is 0 Å². The predicted octanol–water partition coefficient (Wildman–Crippen LogP) is 1.62. The summed E-state index contributed by atoms with van der Waals surface area (Å²) in [5.74, 6) is 0. The summed E-state index contributed by atoms with van der Waals surface area (Å²) in [6.45, 7) is 2.17. The fourth-order valence-electron chi connectivity index (χ4n) is 0.489. The Morgan fingerprint density at radius 2 is 2.00 bits per heavy atom. The van der Waals surface area contributed by atoms with Crippen LogP contribution < -0.4 is 0 Å². The number of nitrogens with zero attached hydrogens (tertiary/aromatic N) is 1. The first kappa shape index (κ1) is 5.39. The highest BCUT2D eigenvalue weighted by atomic mass is 35.5. The van der Waals surface area contributed by atoms with E-state index in [1.165, 1.54) is 12.8 Å². The molecule has 1 aliphatic rings. The van der Waals surface area contributed by atoms with Crippen LogP contribution in [0.15, 0.2) is 0 Å². The number of halogens is 1. The van der Waals surface area contributed by atoms with Crippen molar-refractivity contribution in [3.8, 4) is 0 Å². The minimum absolute atomic E-state index is 0.349. The second-order valence-corrected chi connectivity index (χ2v) is 2.98. The standard InChI is InChI=1S/C5H10ClN/c1-5(3-4-5)7(2)6/h3-4H2,1-2H3. The van der Waals surface area contributed by atoms with Crippen molar-refractivity contribution in [2.75, 3.05) is 7.05 Å². The summed E-state index contributed by atoms with van der Waals surface area (Å²) in [5, 5.41) is 0. The molecule has 1 rings (SSSR count). The number of hydrogen-bond donors (Lipinski definition) is 0. The van der Waals surface area contributed by atoms with Gasteiger partial charge in [-0.05, 0) is 31.5 Å². The van der Waals surface area contributed by atoms with Crippen LogP contribution in [-0.4, -0.2) is 17.0 Å². The van der Waals surface area contributed by atoms with E-state index in [1.807, 2.05) is 7.05 Å². The SMILES string of the molecule is CN(Cl)C1(C)CC1. The van der Waals surface area contributed by atoms with Crippen molar-refractivity contribution in [3.05, 3.63) is 0 Å². The molecule has 1 aliphatic carbocycles. The highest BCUT2D eigenvalue weighted by Gasteiger charge is 2.40. The van der Waals surface area contributed by atoms with Crippen LogP contribution in [0.5, 0.6) is 0 Å². The summed E-state index contributed by atoms with van der Waals surface area (Å²) in [4.78, 5) is 0. The van der Waals surface area contributed by atoms with Crippen LogP contribution in [0, 0.1) is 0 Å². The molecule has 0 spiro atoms. The van der Waals surface area contributed by atoms with Gasteiger partial charge in [-0.3, -0.25) is 0 Å². The van der Waals surface area contributed by atoms with E-state index < -0.39 is 0 Å². The summed E-state index contributed by atoms with van der Waals surface area (Å²) < 4.78 is 1.77. The lowest BCUT2D eigenvalue weighted by atomic mass is 10.3. The average Bonchev–Trinajstić information content (AvgIpc) is 2.21. The van der Waals surface area contributed by atoms with E-state index in [4.69, 9.17) is 11.8 Å². The van der Waals surface area contributed by atoms with Gasteiger partial charge in [0.2, 0.25) is 0 Å². The Labute approximate surface area is 49.4 Å². The van der Waals surface area contributed by atoms with Crippen LogP contribution in [0.4, 0.5) is 0 Å². The molecule has 0 radical (unpaired) electrons. The van der Waals surface area contributed by atoms with Crippen molar-refractivity contribution >= 4 is 11.8 Å². The summed E-state index contributed by atoms with van der Waals surface area (Å²) in [5.41, 5.74) is 0.349. The topological polar surface area (TPSA) is 3.24 Å². The second kappa shape index (κ2) is 1.36. The van der Waals surface area contributed by atoms with Crippen LogP contribution >= 0.6 is 11.8 Å². The molecule has 7 heavy (non-hydrogen) atoms. The monoisotopic (exact) mass is 119 g/mol. The zero-order valence-electron chi connectivity index (χ0n) is 4.74. The largest absolute Gasteiger partial charge is 0.217 e. The van der Waals surface area contributed by atoms with E-state index in [0.29, 0.717) is 5.54 Å². The minimum Gasteiger partial charge on any atom is -0.217 e. The smallest absolute Gasteiger partial charge is 0.0332 e. The summed E-state index contributed by atoms with van der Waals surface area (Å²) in [7, 11) is 1.91. The molecule has 0 heterocycles. The highest BCUT2D eigenvalue weighted by molar-refractivity contribution is 6.13. The van der Waals surface area contributed by atoms with Gasteiger partial charge in [-0.15, -0.1) is 0 Å². The lowest BCUT2D eigenvalue weighted by Gasteiger charge is -2.13. The zero-order valence-corrected chi connectivity index (χ0v) is 5.50. The van der Waals surface area contributed by atoms with Gasteiger partial charge in [-0.25, -0.2) is 4.42 Å². The maximum absolute atomic E-state index is 5.65. The first-order chi connectivity index (χ1) is 3.15. The Morgan fingerprint density at radius 1 is 1.57 bits per heavy atom. The molecular weight excluding hydrogens is 110 g/mol. The molecule has 0 aromatic heterocycles. The van der Waals surface area contributed by atoms with Gasteiger partial charge in [0.15, 0.2) is 0 Å². The van der Waals surface area contributed by atoms with E-state index in [2.05, 4.69) is 6.92 Å². The fraction of sp³-hybridized carbons (Fsp3) is 1.00. The van der Waals surface area contributed by atoms with Gasteiger partial charge in [-0.2, -0.15) is 0 Å². The summed E-state index contributed by atoms with van der Waals surface area (Å²) in [6.07, 6.45) is 2.51. The quantitative estimate of drug-likeness (QED) is 0.475. The van der Waals surface area contributed by atoms with Crippen LogP contribution in [0.25, 0.3) is 0 Å². The molecular formula is C5H10ClN. The van der Waals surface area contributed by atoms with Crippen LogP contribution in [0.3, 0.4) is 0 Å². The molecule has 0 bridgehead atoms. The molecule has 1 nitrogen and oxygen atoms in total. The van der Waals surface area contributed by atoms with E-state index in [-0.39, 0.29) is 0 Å². The van der Waals surface area contributed by atoms with Crippen molar-refractivity contribution in [2.45, 2.75) is 25.3 Å². The maximum atomic E-state index is 5.65. The molecule has 0 aromatic carbocycles. The number of hydrogen-bond acceptors (Lipinski definition) is 1. The van der Waals surface area contributed by atoms with Gasteiger partial charge in [0.1, 0.15) is 0 Å². The highest BCUT2D eigenvalue weighted by Crippen LogP contribution is 2.40. The van der Waals surface area contributed by atoms with Crippen molar-refractivity contribution < 1.29 is 0 Å². The molecule has 1 fully saturated rings. The van der Waals surface area contributed by atoms with Crippen molar-refractivity contribution in [1.82, 2.24) is 4.42 Å². The number of rotatable bonds is 1. The summed E-state index contributed by atoms with van der Waals surface area (Å²) >= 11 is 5.65. The van der Waals surface area contributed by atoms with Gasteiger partial charge in [0.25, 0.3) is 0 Å². The Balaban J connectivity index is 2.39. The molecule has 0 aromatic rings. The summed E-state index contributed by atoms with van der Waals surface area (Å²) in [6, 6.07) is 0. The Hall–Kier alpha value is 0.250. The van der Waals surface area contributed by atoms with Gasteiger partial charge >= 0.3 is 0 Å². The van der Waals surface area contributed by atoms with Crippen molar-refractivity contribution in [3.63, 3.8) is 0 Å². The molecule has 0 aliphatic heterocycles. The van der Waals surface area contributed by atoms with E-state index in [9.17, 15) is 0 Å². The van der Waals surface area contributed by atoms with E-state index >= 15 is 0 Å². The fourth-order valence-corrected chi connectivity index (χ4v) is 0.658. The Kier molecular flexibility index (Phi) is 1.05. The average molecular weight is 120 g/mol.